The number of benzene rings is 1. The van der Waals surface area contributed by atoms with Crippen molar-refractivity contribution in [2.24, 2.45) is 0 Å². The first kappa shape index (κ1) is 14.2. The van der Waals surface area contributed by atoms with Crippen LogP contribution < -0.4 is 0 Å². The smallest absolute Gasteiger partial charge is 0.166 e. The van der Waals surface area contributed by atoms with Crippen LogP contribution in [-0.2, 0) is 6.54 Å². The Morgan fingerprint density at radius 2 is 2.00 bits per heavy atom. The quantitative estimate of drug-likeness (QED) is 0.613. The van der Waals surface area contributed by atoms with E-state index in [0.717, 1.165) is 12.1 Å². The van der Waals surface area contributed by atoms with Crippen LogP contribution in [0, 0.1) is 0 Å². The number of imidazole rings is 1. The van der Waals surface area contributed by atoms with Gasteiger partial charge in [-0.25, -0.2) is 4.98 Å². The molecule has 2 aromatic rings. The van der Waals surface area contributed by atoms with E-state index in [-0.39, 0.29) is 18.2 Å². The molecule has 0 saturated carbocycles. The lowest BCUT2D eigenvalue weighted by Crippen LogP contribution is -1.96. The molecule has 0 atom stereocenters. The summed E-state index contributed by atoms with van der Waals surface area (Å²) >= 11 is 0. The molecule has 1 heterocycles. The SMILES string of the molecule is Cl.O=C(C/C=C/Cn1ccnc1)c1ccccc1. The maximum absolute atomic E-state index is 11.7. The van der Waals surface area contributed by atoms with Gasteiger partial charge in [-0.05, 0) is 0 Å². The van der Waals surface area contributed by atoms with Crippen molar-refractivity contribution in [3.8, 4) is 0 Å². The molecule has 0 radical (unpaired) electrons. The summed E-state index contributed by atoms with van der Waals surface area (Å²) < 4.78 is 1.95. The fourth-order valence-corrected chi connectivity index (χ4v) is 1.52. The lowest BCUT2D eigenvalue weighted by molar-refractivity contribution is 0.0995. The minimum Gasteiger partial charge on any atom is -0.334 e. The number of carbonyl (C=O) groups excluding carboxylic acids is 1. The van der Waals surface area contributed by atoms with Crippen LogP contribution in [0.4, 0.5) is 0 Å². The summed E-state index contributed by atoms with van der Waals surface area (Å²) in [6, 6.07) is 9.34. The Morgan fingerprint density at radius 1 is 1.22 bits per heavy atom. The predicted octanol–water partition coefficient (Wildman–Crippen LogP) is 3.13. The first-order valence-electron chi connectivity index (χ1n) is 5.55. The van der Waals surface area contributed by atoms with E-state index in [0.29, 0.717) is 6.42 Å². The van der Waals surface area contributed by atoms with Gasteiger partial charge in [0.2, 0.25) is 0 Å². The zero-order valence-corrected chi connectivity index (χ0v) is 10.7. The number of rotatable bonds is 5. The number of hydrogen-bond acceptors (Lipinski definition) is 2. The van der Waals surface area contributed by atoms with E-state index in [1.807, 2.05) is 53.2 Å². The lowest BCUT2D eigenvalue weighted by atomic mass is 10.1. The molecule has 0 aliphatic carbocycles. The normalized spacial score (nSPS) is 10.2. The molecule has 0 spiro atoms. The second-order valence-corrected chi connectivity index (χ2v) is 3.72. The molecular weight excluding hydrogens is 248 g/mol. The Labute approximate surface area is 113 Å². The lowest BCUT2D eigenvalue weighted by Gasteiger charge is -1.97. The highest BCUT2D eigenvalue weighted by Gasteiger charge is 2.00. The van der Waals surface area contributed by atoms with E-state index in [4.69, 9.17) is 0 Å². The number of nitrogens with zero attached hydrogens (tertiary/aromatic N) is 2. The molecule has 0 aliphatic heterocycles. The van der Waals surface area contributed by atoms with Crippen molar-refractivity contribution in [1.82, 2.24) is 9.55 Å². The van der Waals surface area contributed by atoms with Crippen LogP contribution in [0.3, 0.4) is 0 Å². The van der Waals surface area contributed by atoms with Gasteiger partial charge in [0.15, 0.2) is 5.78 Å². The molecule has 0 N–H and O–H groups in total. The Kier molecular flexibility index (Phi) is 5.88. The van der Waals surface area contributed by atoms with Crippen molar-refractivity contribution >= 4 is 18.2 Å². The molecule has 18 heavy (non-hydrogen) atoms. The number of hydrogen-bond donors (Lipinski definition) is 0. The van der Waals surface area contributed by atoms with E-state index in [1.54, 1.807) is 12.5 Å². The third-order valence-corrected chi connectivity index (χ3v) is 2.44. The zero-order chi connectivity index (χ0) is 11.9. The van der Waals surface area contributed by atoms with Gasteiger partial charge in [-0.1, -0.05) is 42.5 Å². The topological polar surface area (TPSA) is 34.9 Å². The Balaban J connectivity index is 0.00000162. The summed E-state index contributed by atoms with van der Waals surface area (Å²) in [7, 11) is 0. The Hall–Kier alpha value is -1.87. The van der Waals surface area contributed by atoms with E-state index in [2.05, 4.69) is 4.98 Å². The van der Waals surface area contributed by atoms with Crippen molar-refractivity contribution in [2.75, 3.05) is 0 Å². The number of allylic oxidation sites excluding steroid dienone is 2. The fourth-order valence-electron chi connectivity index (χ4n) is 1.52. The minimum absolute atomic E-state index is 0. The van der Waals surface area contributed by atoms with Crippen molar-refractivity contribution in [3.63, 3.8) is 0 Å². The average molecular weight is 263 g/mol. The minimum atomic E-state index is 0. The highest BCUT2D eigenvalue weighted by Crippen LogP contribution is 2.03. The molecule has 1 aromatic heterocycles. The standard InChI is InChI=1S/C14H14N2O.ClH/c17-14(13-6-2-1-3-7-13)8-4-5-10-16-11-9-15-12-16;/h1-7,9,11-12H,8,10H2;1H/b5-4+;. The maximum atomic E-state index is 11.7. The highest BCUT2D eigenvalue weighted by molar-refractivity contribution is 5.96. The van der Waals surface area contributed by atoms with E-state index in [1.165, 1.54) is 0 Å². The number of ketones is 1. The van der Waals surface area contributed by atoms with Crippen LogP contribution in [0.1, 0.15) is 16.8 Å². The molecule has 0 saturated heterocycles. The predicted molar refractivity (Wildman–Crippen MR) is 74.0 cm³/mol. The van der Waals surface area contributed by atoms with E-state index < -0.39 is 0 Å². The first-order chi connectivity index (χ1) is 8.36. The fraction of sp³-hybridized carbons (Fsp3) is 0.143. The van der Waals surface area contributed by atoms with Crippen molar-refractivity contribution in [2.45, 2.75) is 13.0 Å². The van der Waals surface area contributed by atoms with Crippen LogP contribution in [0.25, 0.3) is 0 Å². The molecule has 3 nitrogen and oxygen atoms in total. The van der Waals surface area contributed by atoms with Gasteiger partial charge in [-0.2, -0.15) is 0 Å². The molecular formula is C14H15ClN2O. The zero-order valence-electron chi connectivity index (χ0n) is 9.90. The van der Waals surface area contributed by atoms with Crippen molar-refractivity contribution in [1.29, 1.82) is 0 Å². The van der Waals surface area contributed by atoms with Gasteiger partial charge < -0.3 is 4.57 Å². The summed E-state index contributed by atoms with van der Waals surface area (Å²) in [5, 5.41) is 0. The first-order valence-corrected chi connectivity index (χ1v) is 5.55. The number of Topliss-reactive ketones (excluding diaryl/α,β-unsaturated/α-hetero) is 1. The van der Waals surface area contributed by atoms with E-state index >= 15 is 0 Å². The molecule has 0 fully saturated rings. The second-order valence-electron chi connectivity index (χ2n) is 3.72. The average Bonchev–Trinajstić information content (AvgIpc) is 2.88. The van der Waals surface area contributed by atoms with Crippen LogP contribution in [0.2, 0.25) is 0 Å². The van der Waals surface area contributed by atoms with Crippen molar-refractivity contribution < 1.29 is 4.79 Å². The van der Waals surface area contributed by atoms with Gasteiger partial charge >= 0.3 is 0 Å². The van der Waals surface area contributed by atoms with Gasteiger partial charge in [0.1, 0.15) is 0 Å². The van der Waals surface area contributed by atoms with E-state index in [9.17, 15) is 4.79 Å². The van der Waals surface area contributed by atoms with Crippen LogP contribution in [0.5, 0.6) is 0 Å². The van der Waals surface area contributed by atoms with Gasteiger partial charge in [-0.3, -0.25) is 4.79 Å². The summed E-state index contributed by atoms with van der Waals surface area (Å²) in [5.74, 6) is 0.146. The molecule has 0 bridgehead atoms. The molecule has 94 valence electrons. The summed E-state index contributed by atoms with van der Waals surface area (Å²) in [4.78, 5) is 15.7. The largest absolute Gasteiger partial charge is 0.334 e. The molecule has 4 heteroatoms. The number of aromatic nitrogens is 2. The van der Waals surface area contributed by atoms with Gasteiger partial charge in [0.05, 0.1) is 6.33 Å². The van der Waals surface area contributed by atoms with Gasteiger partial charge in [0, 0.05) is 30.9 Å². The summed E-state index contributed by atoms with van der Waals surface area (Å²) in [6.07, 6.45) is 9.70. The highest BCUT2D eigenvalue weighted by atomic mass is 35.5. The molecule has 0 aliphatic rings. The molecule has 0 amide bonds. The third-order valence-electron chi connectivity index (χ3n) is 2.44. The Bertz CT molecular complexity index is 492. The number of carbonyl (C=O) groups is 1. The Morgan fingerprint density at radius 3 is 2.67 bits per heavy atom. The van der Waals surface area contributed by atoms with Gasteiger partial charge in [0.25, 0.3) is 0 Å². The van der Waals surface area contributed by atoms with Crippen LogP contribution in [0.15, 0.2) is 61.2 Å². The molecule has 1 aromatic carbocycles. The van der Waals surface area contributed by atoms with Crippen molar-refractivity contribution in [3.05, 3.63) is 66.8 Å². The maximum Gasteiger partial charge on any atom is 0.166 e. The summed E-state index contributed by atoms with van der Waals surface area (Å²) in [6.45, 7) is 0.752. The molecule has 2 rings (SSSR count). The van der Waals surface area contributed by atoms with Gasteiger partial charge in [-0.15, -0.1) is 12.4 Å². The monoisotopic (exact) mass is 262 g/mol. The van der Waals surface area contributed by atoms with Crippen LogP contribution >= 0.6 is 12.4 Å². The molecule has 0 unspecified atom stereocenters. The third kappa shape index (κ3) is 4.18. The number of halogens is 1. The van der Waals surface area contributed by atoms with Crippen LogP contribution in [-0.4, -0.2) is 15.3 Å². The second kappa shape index (κ2) is 7.45. The summed E-state index contributed by atoms with van der Waals surface area (Å²) in [5.41, 5.74) is 0.764.